The third-order valence-corrected chi connectivity index (χ3v) is 11.6. The van der Waals surface area contributed by atoms with E-state index in [-0.39, 0.29) is 30.7 Å². The van der Waals surface area contributed by atoms with Crippen LogP contribution < -0.4 is 10.0 Å². The number of fused-ring (bicyclic) bond motifs is 1. The van der Waals surface area contributed by atoms with Crippen molar-refractivity contribution >= 4 is 45.5 Å². The van der Waals surface area contributed by atoms with Gasteiger partial charge in [-0.3, -0.25) is 24.0 Å². The zero-order valence-electron chi connectivity index (χ0n) is 25.3. The minimum Gasteiger partial charge on any atom is -0.460 e. The molecule has 240 valence electrons. The molecule has 1 aliphatic heterocycles. The molecular formula is C31H40ClN3O8S. The number of hydrogen-bond donors (Lipinski definition) is 2. The Hall–Kier alpha value is -2.86. The Morgan fingerprint density at radius 3 is 2.45 bits per heavy atom. The quantitative estimate of drug-likeness (QED) is 0.408. The summed E-state index contributed by atoms with van der Waals surface area (Å²) in [6, 6.07) is 4.58. The summed E-state index contributed by atoms with van der Waals surface area (Å²) < 4.78 is 38.8. The number of amides is 3. The normalized spacial score (nSPS) is 29.8. The predicted octanol–water partition coefficient (Wildman–Crippen LogP) is 3.26. The highest BCUT2D eigenvalue weighted by atomic mass is 35.5. The Kier molecular flexibility index (Phi) is 7.92. The molecule has 5 aliphatic rings. The summed E-state index contributed by atoms with van der Waals surface area (Å²) in [6.45, 7) is 5.09. The maximum atomic E-state index is 13.8. The van der Waals surface area contributed by atoms with Crippen LogP contribution in [0.5, 0.6) is 0 Å². The number of benzene rings is 1. The van der Waals surface area contributed by atoms with E-state index in [1.54, 1.807) is 20.8 Å². The molecule has 0 bridgehead atoms. The molecule has 1 heterocycles. The van der Waals surface area contributed by atoms with Gasteiger partial charge in [0, 0.05) is 11.4 Å². The highest BCUT2D eigenvalue weighted by Crippen LogP contribution is 2.57. The molecule has 13 heteroatoms. The minimum atomic E-state index is -3.81. The molecule has 5 atom stereocenters. The molecule has 4 aliphatic carbocycles. The lowest BCUT2D eigenvalue weighted by Gasteiger charge is -2.29. The van der Waals surface area contributed by atoms with Crippen molar-refractivity contribution in [3.63, 3.8) is 0 Å². The molecule has 3 amide bonds. The van der Waals surface area contributed by atoms with Crippen molar-refractivity contribution in [2.75, 3.05) is 6.54 Å². The van der Waals surface area contributed by atoms with E-state index in [0.29, 0.717) is 43.5 Å². The van der Waals surface area contributed by atoms with Crippen molar-refractivity contribution in [3.05, 3.63) is 34.3 Å². The summed E-state index contributed by atoms with van der Waals surface area (Å²) in [5, 5.41) is 2.95. The van der Waals surface area contributed by atoms with Crippen molar-refractivity contribution < 1.29 is 37.1 Å². The average Bonchev–Trinajstić information content (AvgIpc) is 3.80. The van der Waals surface area contributed by atoms with Gasteiger partial charge in [-0.25, -0.2) is 13.2 Å². The first kappa shape index (κ1) is 31.1. The summed E-state index contributed by atoms with van der Waals surface area (Å²) in [6.07, 6.45) is 3.41. The number of esters is 1. The monoisotopic (exact) mass is 649 g/mol. The van der Waals surface area contributed by atoms with E-state index in [2.05, 4.69) is 10.0 Å². The Morgan fingerprint density at radius 1 is 1.07 bits per heavy atom. The van der Waals surface area contributed by atoms with Crippen LogP contribution in [0.4, 0.5) is 4.79 Å². The minimum absolute atomic E-state index is 0.0259. The van der Waals surface area contributed by atoms with Crippen LogP contribution in [0, 0.1) is 17.8 Å². The SMILES string of the molecule is CC(C)(C)OC(=O)N1C[C@H](OC(=O)C2CCc3c(Cl)cccc3C2)CC1C(=O)N[C@]1(C(=O)NS(=O)(=O)C2CC2)C[C@H]1C1CC1. The number of carbonyl (C=O) groups excluding carboxylic acids is 4. The van der Waals surface area contributed by atoms with Gasteiger partial charge in [0.25, 0.3) is 5.91 Å². The van der Waals surface area contributed by atoms with Gasteiger partial charge >= 0.3 is 12.1 Å². The molecule has 1 aromatic rings. The number of hydrogen-bond acceptors (Lipinski definition) is 8. The van der Waals surface area contributed by atoms with Crippen LogP contribution in [0.15, 0.2) is 18.2 Å². The maximum absolute atomic E-state index is 13.8. The molecule has 3 saturated carbocycles. The van der Waals surface area contributed by atoms with Crippen molar-refractivity contribution in [2.45, 2.75) is 107 Å². The van der Waals surface area contributed by atoms with E-state index in [0.717, 1.165) is 24.0 Å². The lowest BCUT2D eigenvalue weighted by molar-refractivity contribution is -0.154. The van der Waals surface area contributed by atoms with Gasteiger partial charge in [0.05, 0.1) is 17.7 Å². The van der Waals surface area contributed by atoms with Crippen LogP contribution in [0.1, 0.15) is 76.8 Å². The van der Waals surface area contributed by atoms with Gasteiger partial charge in [-0.15, -0.1) is 0 Å². The molecule has 1 aromatic carbocycles. The second-order valence-electron chi connectivity index (χ2n) is 14.0. The molecule has 0 spiro atoms. The van der Waals surface area contributed by atoms with Crippen LogP contribution in [0.2, 0.25) is 5.02 Å². The first-order valence-electron chi connectivity index (χ1n) is 15.5. The fourth-order valence-electron chi connectivity index (χ4n) is 6.68. The smallest absolute Gasteiger partial charge is 0.411 e. The van der Waals surface area contributed by atoms with Crippen LogP contribution in [0.25, 0.3) is 0 Å². The maximum Gasteiger partial charge on any atom is 0.411 e. The summed E-state index contributed by atoms with van der Waals surface area (Å²) in [5.41, 5.74) is -0.146. The lowest BCUT2D eigenvalue weighted by Crippen LogP contribution is -2.57. The Balaban J connectivity index is 1.16. The first-order valence-corrected chi connectivity index (χ1v) is 17.4. The molecule has 6 rings (SSSR count). The van der Waals surface area contributed by atoms with Gasteiger partial charge in [0.1, 0.15) is 23.3 Å². The topological polar surface area (TPSA) is 148 Å². The van der Waals surface area contributed by atoms with E-state index in [9.17, 15) is 27.6 Å². The largest absolute Gasteiger partial charge is 0.460 e. The molecule has 0 radical (unpaired) electrons. The second kappa shape index (κ2) is 11.2. The van der Waals surface area contributed by atoms with Crippen molar-refractivity contribution in [2.24, 2.45) is 17.8 Å². The highest BCUT2D eigenvalue weighted by molar-refractivity contribution is 7.91. The lowest BCUT2D eigenvalue weighted by atomic mass is 9.84. The van der Waals surface area contributed by atoms with Gasteiger partial charge in [-0.1, -0.05) is 23.7 Å². The van der Waals surface area contributed by atoms with Gasteiger partial charge in [-0.2, -0.15) is 0 Å². The van der Waals surface area contributed by atoms with Crippen LogP contribution in [0.3, 0.4) is 0 Å². The van der Waals surface area contributed by atoms with E-state index in [4.69, 9.17) is 21.1 Å². The number of likely N-dealkylation sites (tertiary alicyclic amines) is 1. The molecule has 0 aromatic heterocycles. The van der Waals surface area contributed by atoms with Gasteiger partial charge in [0.2, 0.25) is 15.9 Å². The summed E-state index contributed by atoms with van der Waals surface area (Å²) in [5.74, 6) is -2.04. The van der Waals surface area contributed by atoms with Crippen molar-refractivity contribution in [1.29, 1.82) is 0 Å². The Labute approximate surface area is 262 Å². The number of nitrogens with zero attached hydrogens (tertiary/aromatic N) is 1. The molecular weight excluding hydrogens is 610 g/mol. The van der Waals surface area contributed by atoms with E-state index >= 15 is 0 Å². The molecule has 4 fully saturated rings. The molecule has 2 N–H and O–H groups in total. The molecule has 44 heavy (non-hydrogen) atoms. The van der Waals surface area contributed by atoms with Crippen LogP contribution in [-0.4, -0.2) is 72.3 Å². The highest BCUT2D eigenvalue weighted by Gasteiger charge is 2.67. The fraction of sp³-hybridized carbons (Fsp3) is 0.677. The molecule has 2 unspecified atom stereocenters. The Bertz CT molecular complexity index is 1480. The summed E-state index contributed by atoms with van der Waals surface area (Å²) in [4.78, 5) is 55.0. The van der Waals surface area contributed by atoms with Crippen molar-refractivity contribution in [1.82, 2.24) is 14.9 Å². The van der Waals surface area contributed by atoms with E-state index in [1.807, 2.05) is 18.2 Å². The zero-order chi connectivity index (χ0) is 31.6. The number of rotatable bonds is 8. The average molecular weight is 650 g/mol. The third-order valence-electron chi connectivity index (χ3n) is 9.39. The van der Waals surface area contributed by atoms with Crippen molar-refractivity contribution in [3.8, 4) is 0 Å². The van der Waals surface area contributed by atoms with E-state index in [1.165, 1.54) is 4.90 Å². The van der Waals surface area contributed by atoms with Crippen LogP contribution >= 0.6 is 11.6 Å². The summed E-state index contributed by atoms with van der Waals surface area (Å²) >= 11 is 6.33. The predicted molar refractivity (Wildman–Crippen MR) is 160 cm³/mol. The first-order chi connectivity index (χ1) is 20.7. The molecule has 11 nitrogen and oxygen atoms in total. The second-order valence-corrected chi connectivity index (χ2v) is 16.4. The van der Waals surface area contributed by atoms with Crippen LogP contribution in [-0.2, 0) is 46.7 Å². The van der Waals surface area contributed by atoms with Gasteiger partial charge in [-0.05, 0) is 101 Å². The third kappa shape index (κ3) is 6.42. The number of sulfonamides is 1. The van der Waals surface area contributed by atoms with Gasteiger partial charge in [0.15, 0.2) is 0 Å². The molecule has 1 saturated heterocycles. The van der Waals surface area contributed by atoms with Gasteiger partial charge < -0.3 is 14.8 Å². The number of nitrogens with one attached hydrogen (secondary N) is 2. The summed E-state index contributed by atoms with van der Waals surface area (Å²) in [7, 11) is -3.81. The number of halogens is 1. The zero-order valence-corrected chi connectivity index (χ0v) is 26.8. The standard InChI is InChI=1S/C31H40ClN3O8S/c1-30(2,3)43-29(39)35-16-20(42-27(37)19-9-12-22-18(13-19)5-4-6-24(22)32)14-25(35)26(36)33-31(15-23(31)17-7-8-17)28(38)34-44(40,41)21-10-11-21/h4-6,17,19-21,23,25H,7-16H2,1-3H3,(H,33,36)(H,34,38)/t19?,20-,23+,25?,31-/m1/s1. The number of ether oxygens (including phenoxy) is 2. The van der Waals surface area contributed by atoms with E-state index < -0.39 is 62.4 Å². The number of carbonyl (C=O) groups is 4. The Morgan fingerprint density at radius 2 is 1.80 bits per heavy atom. The fourth-order valence-corrected chi connectivity index (χ4v) is 8.33.